The topological polar surface area (TPSA) is 78.9 Å². The number of halogens is 2. The molecular weight excluding hydrogens is 421 g/mol. The van der Waals surface area contributed by atoms with Gasteiger partial charge in [0.25, 0.3) is 5.91 Å². The smallest absolute Gasteiger partial charge is 0.266 e. The van der Waals surface area contributed by atoms with Crippen molar-refractivity contribution in [2.45, 2.75) is 0 Å². The first-order valence-corrected chi connectivity index (χ1v) is 9.64. The van der Waals surface area contributed by atoms with Crippen molar-refractivity contribution in [1.29, 1.82) is 5.26 Å². The van der Waals surface area contributed by atoms with Crippen molar-refractivity contribution in [2.75, 3.05) is 5.32 Å². The van der Waals surface area contributed by atoms with E-state index in [9.17, 15) is 10.1 Å². The molecule has 0 fully saturated rings. The van der Waals surface area contributed by atoms with Crippen LogP contribution in [0.5, 0.6) is 0 Å². The summed E-state index contributed by atoms with van der Waals surface area (Å²) in [4.78, 5) is 12.6. The monoisotopic (exact) mass is 433 g/mol. The van der Waals surface area contributed by atoms with Crippen LogP contribution in [0.15, 0.2) is 76.8 Å². The molecule has 7 heteroatoms. The molecule has 0 spiro atoms. The summed E-state index contributed by atoms with van der Waals surface area (Å²) in [5, 5.41) is 17.7. The van der Waals surface area contributed by atoms with Gasteiger partial charge in [0.15, 0.2) is 5.76 Å². The SMILES string of the molecule is N#C/C(=C\c1ccc2noc(-c3ccccc3)c2c1)C(=O)Nc1cc(Cl)ccc1Cl. The van der Waals surface area contributed by atoms with Gasteiger partial charge in [0, 0.05) is 10.6 Å². The lowest BCUT2D eigenvalue weighted by atomic mass is 10.0. The number of fused-ring (bicyclic) bond motifs is 1. The third-order valence-electron chi connectivity index (χ3n) is 4.39. The van der Waals surface area contributed by atoms with Gasteiger partial charge in [-0.3, -0.25) is 4.79 Å². The molecular formula is C23H13Cl2N3O2. The third-order valence-corrected chi connectivity index (χ3v) is 4.95. The van der Waals surface area contributed by atoms with E-state index in [4.69, 9.17) is 27.7 Å². The highest BCUT2D eigenvalue weighted by Crippen LogP contribution is 2.30. The Morgan fingerprint density at radius 1 is 1.07 bits per heavy atom. The molecule has 4 rings (SSSR count). The highest BCUT2D eigenvalue weighted by atomic mass is 35.5. The van der Waals surface area contributed by atoms with Crippen LogP contribution in [-0.4, -0.2) is 11.1 Å². The molecule has 4 aromatic rings. The third kappa shape index (κ3) is 4.06. The van der Waals surface area contributed by atoms with E-state index < -0.39 is 5.91 Å². The first kappa shape index (κ1) is 19.7. The highest BCUT2D eigenvalue weighted by Gasteiger charge is 2.14. The number of nitrogens with one attached hydrogen (secondary N) is 1. The Bertz CT molecular complexity index is 1320. The van der Waals surface area contributed by atoms with Crippen molar-refractivity contribution in [2.24, 2.45) is 0 Å². The van der Waals surface area contributed by atoms with Gasteiger partial charge in [-0.25, -0.2) is 0 Å². The first-order chi connectivity index (χ1) is 14.5. The zero-order valence-electron chi connectivity index (χ0n) is 15.4. The van der Waals surface area contributed by atoms with E-state index in [0.717, 1.165) is 10.9 Å². The molecule has 0 unspecified atom stereocenters. The van der Waals surface area contributed by atoms with Gasteiger partial charge in [-0.15, -0.1) is 0 Å². The fourth-order valence-electron chi connectivity index (χ4n) is 2.94. The van der Waals surface area contributed by atoms with Gasteiger partial charge in [-0.2, -0.15) is 5.26 Å². The maximum atomic E-state index is 12.6. The zero-order valence-corrected chi connectivity index (χ0v) is 16.9. The van der Waals surface area contributed by atoms with Crippen LogP contribution in [0.4, 0.5) is 5.69 Å². The maximum Gasteiger partial charge on any atom is 0.266 e. The fourth-order valence-corrected chi connectivity index (χ4v) is 3.28. The molecule has 0 aliphatic heterocycles. The Labute approximate surface area is 182 Å². The van der Waals surface area contributed by atoms with Crippen LogP contribution in [0.3, 0.4) is 0 Å². The van der Waals surface area contributed by atoms with E-state index in [1.165, 1.54) is 12.1 Å². The summed E-state index contributed by atoms with van der Waals surface area (Å²) >= 11 is 12.0. The Morgan fingerprint density at radius 2 is 1.87 bits per heavy atom. The van der Waals surface area contributed by atoms with Crippen LogP contribution in [-0.2, 0) is 4.79 Å². The van der Waals surface area contributed by atoms with Crippen LogP contribution < -0.4 is 5.32 Å². The van der Waals surface area contributed by atoms with Crippen LogP contribution >= 0.6 is 23.2 Å². The summed E-state index contributed by atoms with van der Waals surface area (Å²) in [6.07, 6.45) is 1.50. The molecule has 1 heterocycles. The second-order valence-corrected chi connectivity index (χ2v) is 7.25. The molecule has 0 bridgehead atoms. The van der Waals surface area contributed by atoms with Crippen molar-refractivity contribution >= 4 is 51.8 Å². The van der Waals surface area contributed by atoms with Crippen LogP contribution in [0.1, 0.15) is 5.56 Å². The van der Waals surface area contributed by atoms with Crippen molar-refractivity contribution in [3.8, 4) is 17.4 Å². The summed E-state index contributed by atoms with van der Waals surface area (Å²) in [6.45, 7) is 0. The molecule has 30 heavy (non-hydrogen) atoms. The van der Waals surface area contributed by atoms with Gasteiger partial charge in [0.1, 0.15) is 17.2 Å². The zero-order chi connectivity index (χ0) is 21.1. The lowest BCUT2D eigenvalue weighted by Gasteiger charge is -2.07. The van der Waals surface area contributed by atoms with Crippen molar-refractivity contribution in [3.63, 3.8) is 0 Å². The number of carbonyl (C=O) groups is 1. The second-order valence-electron chi connectivity index (χ2n) is 6.40. The van der Waals surface area contributed by atoms with Crippen LogP contribution in [0, 0.1) is 11.3 Å². The minimum Gasteiger partial charge on any atom is -0.355 e. The summed E-state index contributed by atoms with van der Waals surface area (Å²) in [6, 6.07) is 21.6. The molecule has 0 saturated carbocycles. The molecule has 0 atom stereocenters. The van der Waals surface area contributed by atoms with Crippen LogP contribution in [0.2, 0.25) is 10.0 Å². The second kappa shape index (κ2) is 8.42. The maximum absolute atomic E-state index is 12.6. The summed E-state index contributed by atoms with van der Waals surface area (Å²) in [5.41, 5.74) is 2.47. The minimum atomic E-state index is -0.588. The number of rotatable bonds is 4. The molecule has 1 N–H and O–H groups in total. The molecule has 0 aliphatic carbocycles. The van der Waals surface area contributed by atoms with Crippen molar-refractivity contribution < 1.29 is 9.32 Å². The Kier molecular flexibility index (Phi) is 5.53. The summed E-state index contributed by atoms with van der Waals surface area (Å²) < 4.78 is 5.50. The van der Waals surface area contributed by atoms with E-state index >= 15 is 0 Å². The Balaban J connectivity index is 1.67. The standard InChI is InChI=1S/C23H13Cl2N3O2/c24-17-7-8-19(25)21(12-17)27-23(29)16(13-26)10-14-6-9-20-18(11-14)22(30-28-20)15-4-2-1-3-5-15/h1-12H,(H,27,29)/b16-10+. The average Bonchev–Trinajstić information content (AvgIpc) is 3.18. The predicted octanol–water partition coefficient (Wildman–Crippen LogP) is 6.35. The van der Waals surface area contributed by atoms with E-state index in [-0.39, 0.29) is 5.57 Å². The number of benzene rings is 3. The minimum absolute atomic E-state index is 0.0805. The van der Waals surface area contributed by atoms with Gasteiger partial charge < -0.3 is 9.84 Å². The van der Waals surface area contributed by atoms with E-state index in [1.54, 1.807) is 24.3 Å². The number of hydrogen-bond acceptors (Lipinski definition) is 4. The number of nitriles is 1. The number of nitrogens with zero attached hydrogens (tertiary/aromatic N) is 2. The van der Waals surface area contributed by atoms with Gasteiger partial charge in [-0.1, -0.05) is 64.8 Å². The van der Waals surface area contributed by atoms with Gasteiger partial charge in [-0.05, 0) is 42.0 Å². The average molecular weight is 434 g/mol. The Hall–Kier alpha value is -3.59. The van der Waals surface area contributed by atoms with E-state index in [0.29, 0.717) is 32.6 Å². The lowest BCUT2D eigenvalue weighted by molar-refractivity contribution is -0.112. The predicted molar refractivity (Wildman–Crippen MR) is 118 cm³/mol. The quantitative estimate of drug-likeness (QED) is 0.300. The molecule has 146 valence electrons. The van der Waals surface area contributed by atoms with Crippen LogP contribution in [0.25, 0.3) is 28.3 Å². The fraction of sp³-hybridized carbons (Fsp3) is 0. The van der Waals surface area contributed by atoms with E-state index in [1.807, 2.05) is 42.5 Å². The molecule has 3 aromatic carbocycles. The van der Waals surface area contributed by atoms with Gasteiger partial charge in [0.2, 0.25) is 0 Å². The summed E-state index contributed by atoms with van der Waals surface area (Å²) in [7, 11) is 0. The number of hydrogen-bond donors (Lipinski definition) is 1. The first-order valence-electron chi connectivity index (χ1n) is 8.88. The molecule has 0 radical (unpaired) electrons. The number of carbonyl (C=O) groups excluding carboxylic acids is 1. The lowest BCUT2D eigenvalue weighted by Crippen LogP contribution is -2.13. The van der Waals surface area contributed by atoms with Gasteiger partial charge >= 0.3 is 0 Å². The summed E-state index contributed by atoms with van der Waals surface area (Å²) in [5.74, 6) is 0.0323. The number of anilines is 1. The van der Waals surface area contributed by atoms with Crippen molar-refractivity contribution in [1.82, 2.24) is 5.16 Å². The molecule has 1 amide bonds. The van der Waals surface area contributed by atoms with Gasteiger partial charge in [0.05, 0.1) is 16.1 Å². The largest absolute Gasteiger partial charge is 0.355 e. The van der Waals surface area contributed by atoms with Crippen molar-refractivity contribution in [3.05, 3.63) is 87.9 Å². The van der Waals surface area contributed by atoms with E-state index in [2.05, 4.69) is 10.5 Å². The normalized spacial score (nSPS) is 11.3. The Morgan fingerprint density at radius 3 is 2.63 bits per heavy atom. The molecule has 1 aromatic heterocycles. The molecule has 5 nitrogen and oxygen atoms in total. The highest BCUT2D eigenvalue weighted by molar-refractivity contribution is 6.36. The molecule has 0 aliphatic rings. The molecule has 0 saturated heterocycles. The number of amides is 1. The number of aromatic nitrogens is 1.